The van der Waals surface area contributed by atoms with Crippen LogP contribution in [0.25, 0.3) is 10.9 Å². The normalized spacial score (nSPS) is 9.61. The number of anilines is 1. The smallest absolute Gasteiger partial charge is 0.336 e. The van der Waals surface area contributed by atoms with Gasteiger partial charge < -0.3 is 10.4 Å². The molecule has 1 aromatic carbocycles. The summed E-state index contributed by atoms with van der Waals surface area (Å²) in [6.07, 6.45) is 0. The number of carboxylic acid groups (broad SMARTS) is 1. The Labute approximate surface area is 105 Å². The van der Waals surface area contributed by atoms with Gasteiger partial charge >= 0.3 is 5.97 Å². The maximum atomic E-state index is 11.0. The van der Waals surface area contributed by atoms with Crippen LogP contribution in [0.3, 0.4) is 0 Å². The third-order valence-electron chi connectivity index (χ3n) is 2.50. The summed E-state index contributed by atoms with van der Waals surface area (Å²) in [5, 5.41) is 12.8. The lowest BCUT2D eigenvalue weighted by molar-refractivity contribution is 0.0699. The van der Waals surface area contributed by atoms with E-state index in [2.05, 4.69) is 22.1 Å². The number of benzene rings is 1. The average molecular weight is 240 g/mol. The second-order valence-corrected chi connectivity index (χ2v) is 3.65. The molecule has 90 valence electrons. The highest BCUT2D eigenvalue weighted by Crippen LogP contribution is 2.19. The molecule has 0 fully saturated rings. The van der Waals surface area contributed by atoms with Crippen molar-refractivity contribution in [1.82, 2.24) is 4.98 Å². The van der Waals surface area contributed by atoms with Gasteiger partial charge in [-0.05, 0) is 31.2 Å². The Morgan fingerprint density at radius 2 is 2.22 bits per heavy atom. The van der Waals surface area contributed by atoms with E-state index in [1.165, 1.54) is 0 Å². The highest BCUT2D eigenvalue weighted by atomic mass is 16.4. The van der Waals surface area contributed by atoms with Gasteiger partial charge in [0.15, 0.2) is 0 Å². The monoisotopic (exact) mass is 240 g/mol. The molecule has 0 bridgehead atoms. The second kappa shape index (κ2) is 5.19. The summed E-state index contributed by atoms with van der Waals surface area (Å²) < 4.78 is 0. The molecule has 4 nitrogen and oxygen atoms in total. The molecule has 4 heteroatoms. The summed E-state index contributed by atoms with van der Waals surface area (Å²) in [5.41, 5.74) is 0.921. The SMILES string of the molecule is CC#CCNc1ccc2c(C(=O)O)cccc2n1. The fraction of sp³-hybridized carbons (Fsp3) is 0.143. The molecule has 0 amide bonds. The van der Waals surface area contributed by atoms with Gasteiger partial charge in [0.2, 0.25) is 0 Å². The van der Waals surface area contributed by atoms with Crippen molar-refractivity contribution in [2.75, 3.05) is 11.9 Å². The van der Waals surface area contributed by atoms with Gasteiger partial charge in [-0.2, -0.15) is 0 Å². The zero-order valence-electron chi connectivity index (χ0n) is 9.90. The number of carboxylic acids is 1. The van der Waals surface area contributed by atoms with Crippen LogP contribution >= 0.6 is 0 Å². The van der Waals surface area contributed by atoms with Crippen LogP contribution in [0.5, 0.6) is 0 Å². The van der Waals surface area contributed by atoms with Gasteiger partial charge in [0.1, 0.15) is 5.82 Å². The van der Waals surface area contributed by atoms with E-state index < -0.39 is 5.97 Å². The maximum Gasteiger partial charge on any atom is 0.336 e. The molecular formula is C14H12N2O2. The number of aromatic nitrogens is 1. The van der Waals surface area contributed by atoms with Gasteiger partial charge in [0.05, 0.1) is 17.6 Å². The lowest BCUT2D eigenvalue weighted by Gasteiger charge is -2.05. The number of hydrogen-bond acceptors (Lipinski definition) is 3. The molecular weight excluding hydrogens is 228 g/mol. The lowest BCUT2D eigenvalue weighted by Crippen LogP contribution is -2.02. The second-order valence-electron chi connectivity index (χ2n) is 3.65. The number of rotatable bonds is 3. The van der Waals surface area contributed by atoms with Crippen molar-refractivity contribution in [3.05, 3.63) is 35.9 Å². The van der Waals surface area contributed by atoms with E-state index in [1.807, 2.05) is 0 Å². The molecule has 0 aliphatic carbocycles. The molecule has 0 radical (unpaired) electrons. The molecule has 2 N–H and O–H groups in total. The van der Waals surface area contributed by atoms with Crippen molar-refractivity contribution in [3.8, 4) is 11.8 Å². The number of hydrogen-bond donors (Lipinski definition) is 2. The highest BCUT2D eigenvalue weighted by molar-refractivity contribution is 6.02. The molecule has 0 saturated heterocycles. The molecule has 18 heavy (non-hydrogen) atoms. The van der Waals surface area contributed by atoms with Crippen LogP contribution in [-0.2, 0) is 0 Å². The van der Waals surface area contributed by atoms with E-state index in [4.69, 9.17) is 5.11 Å². The molecule has 1 heterocycles. The Kier molecular flexibility index (Phi) is 3.44. The summed E-state index contributed by atoms with van der Waals surface area (Å²) >= 11 is 0. The molecule has 0 spiro atoms. The third-order valence-corrected chi connectivity index (χ3v) is 2.50. The standard InChI is InChI=1S/C14H12N2O2/c1-2-3-9-15-13-8-7-10-11(14(17)18)5-4-6-12(10)16-13/h4-8H,9H2,1H3,(H,15,16)(H,17,18). The van der Waals surface area contributed by atoms with E-state index >= 15 is 0 Å². The van der Waals surface area contributed by atoms with Gasteiger partial charge in [0, 0.05) is 5.39 Å². The van der Waals surface area contributed by atoms with Crippen LogP contribution in [-0.4, -0.2) is 22.6 Å². The Hall–Kier alpha value is -2.54. The van der Waals surface area contributed by atoms with Crippen LogP contribution in [0.4, 0.5) is 5.82 Å². The van der Waals surface area contributed by atoms with Gasteiger partial charge in [0.25, 0.3) is 0 Å². The molecule has 2 rings (SSSR count). The van der Waals surface area contributed by atoms with E-state index in [-0.39, 0.29) is 5.56 Å². The zero-order chi connectivity index (χ0) is 13.0. The van der Waals surface area contributed by atoms with Gasteiger partial charge in [-0.3, -0.25) is 0 Å². The van der Waals surface area contributed by atoms with Gasteiger partial charge in [-0.25, -0.2) is 9.78 Å². The van der Waals surface area contributed by atoms with Crippen molar-refractivity contribution in [2.24, 2.45) is 0 Å². The quantitative estimate of drug-likeness (QED) is 0.808. The Balaban J connectivity index is 2.39. The number of nitrogens with zero attached hydrogens (tertiary/aromatic N) is 1. The number of aromatic carboxylic acids is 1. The fourth-order valence-electron chi connectivity index (χ4n) is 1.66. The number of pyridine rings is 1. The first-order chi connectivity index (χ1) is 8.72. The highest BCUT2D eigenvalue weighted by Gasteiger charge is 2.08. The summed E-state index contributed by atoms with van der Waals surface area (Å²) in [5.74, 6) is 5.40. The van der Waals surface area contributed by atoms with Crippen molar-refractivity contribution in [3.63, 3.8) is 0 Å². The van der Waals surface area contributed by atoms with E-state index in [0.29, 0.717) is 23.3 Å². The minimum atomic E-state index is -0.944. The minimum Gasteiger partial charge on any atom is -0.478 e. The van der Waals surface area contributed by atoms with Gasteiger partial charge in [-0.15, -0.1) is 5.92 Å². The molecule has 0 aliphatic heterocycles. The summed E-state index contributed by atoms with van der Waals surface area (Å²) in [7, 11) is 0. The zero-order valence-corrected chi connectivity index (χ0v) is 9.90. The third kappa shape index (κ3) is 2.41. The molecule has 0 unspecified atom stereocenters. The van der Waals surface area contributed by atoms with Crippen LogP contribution in [0.1, 0.15) is 17.3 Å². The Morgan fingerprint density at radius 1 is 1.39 bits per heavy atom. The largest absolute Gasteiger partial charge is 0.478 e. The van der Waals surface area contributed by atoms with Crippen molar-refractivity contribution in [1.29, 1.82) is 0 Å². The van der Waals surface area contributed by atoms with Crippen molar-refractivity contribution >= 4 is 22.7 Å². The first-order valence-electron chi connectivity index (χ1n) is 5.49. The van der Waals surface area contributed by atoms with Crippen LogP contribution in [0, 0.1) is 11.8 Å². The Bertz CT molecular complexity index is 654. The first-order valence-corrected chi connectivity index (χ1v) is 5.49. The van der Waals surface area contributed by atoms with Crippen LogP contribution in [0.2, 0.25) is 0 Å². The number of fused-ring (bicyclic) bond motifs is 1. The van der Waals surface area contributed by atoms with Gasteiger partial charge in [-0.1, -0.05) is 12.0 Å². The number of carbonyl (C=O) groups is 1. The van der Waals surface area contributed by atoms with Crippen molar-refractivity contribution < 1.29 is 9.90 Å². The Morgan fingerprint density at radius 3 is 2.94 bits per heavy atom. The van der Waals surface area contributed by atoms with E-state index in [1.54, 1.807) is 37.3 Å². The summed E-state index contributed by atoms with van der Waals surface area (Å²) in [4.78, 5) is 15.4. The minimum absolute atomic E-state index is 0.264. The maximum absolute atomic E-state index is 11.0. The molecule has 1 aromatic heterocycles. The average Bonchev–Trinajstić information content (AvgIpc) is 2.38. The molecule has 0 aliphatic rings. The molecule has 0 saturated carbocycles. The van der Waals surface area contributed by atoms with E-state index in [9.17, 15) is 4.79 Å². The van der Waals surface area contributed by atoms with E-state index in [0.717, 1.165) is 0 Å². The predicted octanol–water partition coefficient (Wildman–Crippen LogP) is 2.37. The van der Waals surface area contributed by atoms with Crippen LogP contribution in [0.15, 0.2) is 30.3 Å². The number of nitrogens with one attached hydrogen (secondary N) is 1. The summed E-state index contributed by atoms with van der Waals surface area (Å²) in [6, 6.07) is 8.56. The van der Waals surface area contributed by atoms with Crippen molar-refractivity contribution in [2.45, 2.75) is 6.92 Å². The lowest BCUT2D eigenvalue weighted by atomic mass is 10.1. The summed E-state index contributed by atoms with van der Waals surface area (Å²) in [6.45, 7) is 2.29. The molecule has 2 aromatic rings. The first kappa shape index (κ1) is 11.9. The predicted molar refractivity (Wildman–Crippen MR) is 70.6 cm³/mol. The topological polar surface area (TPSA) is 62.2 Å². The molecule has 0 atom stereocenters. The fourth-order valence-corrected chi connectivity index (χ4v) is 1.66. The van der Waals surface area contributed by atoms with Crippen LogP contribution < -0.4 is 5.32 Å².